The van der Waals surface area contributed by atoms with Gasteiger partial charge in [0.2, 0.25) is 0 Å². The standard InChI is InChI=1S/C16H25NO4/c1-4-17(9-5-6-10-18)15(16(19)20)13-11-12(2)7-8-14(13)21-3/h7-8,11,15,18H,4-6,9-10H2,1-3H3,(H,19,20). The van der Waals surface area contributed by atoms with Gasteiger partial charge < -0.3 is 14.9 Å². The zero-order chi connectivity index (χ0) is 15.8. The molecule has 0 aliphatic carbocycles. The van der Waals surface area contributed by atoms with Crippen molar-refractivity contribution in [2.75, 3.05) is 26.8 Å². The Morgan fingerprint density at radius 1 is 1.38 bits per heavy atom. The van der Waals surface area contributed by atoms with Gasteiger partial charge in [0.05, 0.1) is 7.11 Å². The number of aliphatic hydroxyl groups is 1. The van der Waals surface area contributed by atoms with E-state index >= 15 is 0 Å². The van der Waals surface area contributed by atoms with Gasteiger partial charge in [0.25, 0.3) is 0 Å². The lowest BCUT2D eigenvalue weighted by Crippen LogP contribution is -2.35. The predicted molar refractivity (Wildman–Crippen MR) is 81.7 cm³/mol. The molecule has 1 unspecified atom stereocenters. The summed E-state index contributed by atoms with van der Waals surface area (Å²) in [6, 6.07) is 4.85. The fraction of sp³-hybridized carbons (Fsp3) is 0.562. The van der Waals surface area contributed by atoms with Crippen LogP contribution in [-0.4, -0.2) is 47.9 Å². The summed E-state index contributed by atoms with van der Waals surface area (Å²) in [4.78, 5) is 13.7. The number of hydrogen-bond donors (Lipinski definition) is 2. The van der Waals surface area contributed by atoms with Crippen LogP contribution < -0.4 is 4.74 Å². The van der Waals surface area contributed by atoms with E-state index in [1.165, 1.54) is 0 Å². The molecule has 0 amide bonds. The molecule has 0 aliphatic rings. The van der Waals surface area contributed by atoms with Crippen LogP contribution >= 0.6 is 0 Å². The summed E-state index contributed by atoms with van der Waals surface area (Å²) in [7, 11) is 1.55. The van der Waals surface area contributed by atoms with Crippen molar-refractivity contribution in [1.29, 1.82) is 0 Å². The highest BCUT2D eigenvalue weighted by Crippen LogP contribution is 2.30. The minimum atomic E-state index is -0.884. The van der Waals surface area contributed by atoms with Crippen molar-refractivity contribution in [3.05, 3.63) is 29.3 Å². The summed E-state index contributed by atoms with van der Waals surface area (Å²) in [5, 5.41) is 18.5. The van der Waals surface area contributed by atoms with E-state index in [1.54, 1.807) is 7.11 Å². The van der Waals surface area contributed by atoms with Gasteiger partial charge in [-0.3, -0.25) is 9.69 Å². The van der Waals surface area contributed by atoms with Gasteiger partial charge in [-0.05, 0) is 38.9 Å². The van der Waals surface area contributed by atoms with Crippen LogP contribution in [0.1, 0.15) is 36.9 Å². The number of unbranched alkanes of at least 4 members (excludes halogenated alkanes) is 1. The van der Waals surface area contributed by atoms with E-state index in [0.717, 1.165) is 12.0 Å². The second-order valence-electron chi connectivity index (χ2n) is 5.05. The van der Waals surface area contributed by atoms with Crippen molar-refractivity contribution in [2.45, 2.75) is 32.7 Å². The lowest BCUT2D eigenvalue weighted by molar-refractivity contribution is -0.143. The van der Waals surface area contributed by atoms with Crippen LogP contribution in [-0.2, 0) is 4.79 Å². The molecule has 0 heterocycles. The average molecular weight is 295 g/mol. The Morgan fingerprint density at radius 2 is 2.10 bits per heavy atom. The molecule has 1 atom stereocenters. The lowest BCUT2D eigenvalue weighted by atomic mass is 10.0. The minimum Gasteiger partial charge on any atom is -0.496 e. The molecule has 0 radical (unpaired) electrons. The van der Waals surface area contributed by atoms with Gasteiger partial charge in [-0.15, -0.1) is 0 Å². The van der Waals surface area contributed by atoms with Crippen LogP contribution in [0.2, 0.25) is 0 Å². The number of nitrogens with zero attached hydrogens (tertiary/aromatic N) is 1. The third-order valence-corrected chi connectivity index (χ3v) is 3.54. The predicted octanol–water partition coefficient (Wildman–Crippen LogP) is 2.22. The number of aliphatic hydroxyl groups excluding tert-OH is 1. The highest BCUT2D eigenvalue weighted by atomic mass is 16.5. The minimum absolute atomic E-state index is 0.128. The SMILES string of the molecule is CCN(CCCCO)C(C(=O)O)c1cc(C)ccc1OC. The zero-order valence-electron chi connectivity index (χ0n) is 13.0. The Hall–Kier alpha value is -1.59. The Labute approximate surface area is 126 Å². The largest absolute Gasteiger partial charge is 0.496 e. The summed E-state index contributed by atoms with van der Waals surface area (Å²) >= 11 is 0. The number of benzene rings is 1. The molecule has 0 aromatic heterocycles. The molecule has 5 heteroatoms. The van der Waals surface area contributed by atoms with Crippen molar-refractivity contribution in [3.63, 3.8) is 0 Å². The van der Waals surface area contributed by atoms with Crippen LogP contribution in [0.25, 0.3) is 0 Å². The van der Waals surface area contributed by atoms with Crippen LogP contribution in [0.5, 0.6) is 5.75 Å². The number of aryl methyl sites for hydroxylation is 1. The Morgan fingerprint density at radius 3 is 2.62 bits per heavy atom. The number of aliphatic carboxylic acids is 1. The first-order chi connectivity index (χ1) is 10.0. The van der Waals surface area contributed by atoms with Crippen molar-refractivity contribution >= 4 is 5.97 Å². The molecule has 1 aromatic carbocycles. The van der Waals surface area contributed by atoms with E-state index in [4.69, 9.17) is 9.84 Å². The van der Waals surface area contributed by atoms with Crippen LogP contribution in [0.3, 0.4) is 0 Å². The van der Waals surface area contributed by atoms with Crippen LogP contribution in [0.4, 0.5) is 0 Å². The van der Waals surface area contributed by atoms with Crippen molar-refractivity contribution < 1.29 is 19.7 Å². The van der Waals surface area contributed by atoms with Gasteiger partial charge >= 0.3 is 5.97 Å². The summed E-state index contributed by atoms with van der Waals surface area (Å²) in [6.45, 7) is 5.26. The molecule has 5 nitrogen and oxygen atoms in total. The second-order valence-corrected chi connectivity index (χ2v) is 5.05. The molecular formula is C16H25NO4. The molecular weight excluding hydrogens is 270 g/mol. The summed E-state index contributed by atoms with van der Waals surface area (Å²) in [6.07, 6.45) is 1.44. The van der Waals surface area contributed by atoms with Gasteiger partial charge in [-0.1, -0.05) is 24.6 Å². The Balaban J connectivity index is 3.09. The highest BCUT2D eigenvalue weighted by Gasteiger charge is 2.28. The Bertz CT molecular complexity index is 462. The van der Waals surface area contributed by atoms with Gasteiger partial charge in [-0.2, -0.15) is 0 Å². The monoisotopic (exact) mass is 295 g/mol. The molecule has 0 spiro atoms. The first-order valence-electron chi connectivity index (χ1n) is 7.27. The summed E-state index contributed by atoms with van der Waals surface area (Å²) in [5.41, 5.74) is 1.68. The number of methoxy groups -OCH3 is 1. The van der Waals surface area contributed by atoms with Crippen molar-refractivity contribution in [3.8, 4) is 5.75 Å². The zero-order valence-corrected chi connectivity index (χ0v) is 13.0. The molecule has 21 heavy (non-hydrogen) atoms. The van der Waals surface area contributed by atoms with Gasteiger partial charge in [0.1, 0.15) is 11.8 Å². The Kier molecular flexibility index (Phi) is 7.19. The summed E-state index contributed by atoms with van der Waals surface area (Å²) < 4.78 is 5.32. The number of carboxylic acid groups (broad SMARTS) is 1. The first kappa shape index (κ1) is 17.5. The maximum Gasteiger partial charge on any atom is 0.325 e. The van der Waals surface area contributed by atoms with Gasteiger partial charge in [-0.25, -0.2) is 0 Å². The number of likely N-dealkylation sites (N-methyl/N-ethyl adjacent to an activating group) is 1. The normalized spacial score (nSPS) is 12.4. The van der Waals surface area contributed by atoms with Crippen molar-refractivity contribution in [2.24, 2.45) is 0 Å². The first-order valence-corrected chi connectivity index (χ1v) is 7.27. The maximum absolute atomic E-state index is 11.8. The van der Waals surface area contributed by atoms with Gasteiger partial charge in [0, 0.05) is 12.2 Å². The molecule has 0 bridgehead atoms. The number of carbonyl (C=O) groups is 1. The molecule has 1 aromatic rings. The van der Waals surface area contributed by atoms with E-state index in [2.05, 4.69) is 0 Å². The fourth-order valence-electron chi connectivity index (χ4n) is 2.45. The van der Waals surface area contributed by atoms with E-state index in [9.17, 15) is 9.90 Å². The van der Waals surface area contributed by atoms with E-state index < -0.39 is 12.0 Å². The number of ether oxygens (including phenoxy) is 1. The maximum atomic E-state index is 11.8. The smallest absolute Gasteiger partial charge is 0.325 e. The molecule has 0 fully saturated rings. The van der Waals surface area contributed by atoms with E-state index in [0.29, 0.717) is 30.8 Å². The third kappa shape index (κ3) is 4.72. The summed E-state index contributed by atoms with van der Waals surface area (Å²) in [5.74, 6) is -0.293. The van der Waals surface area contributed by atoms with Gasteiger partial charge in [0.15, 0.2) is 0 Å². The molecule has 0 aliphatic heterocycles. The fourth-order valence-corrected chi connectivity index (χ4v) is 2.45. The topological polar surface area (TPSA) is 70.0 Å². The van der Waals surface area contributed by atoms with E-state index in [-0.39, 0.29) is 6.61 Å². The lowest BCUT2D eigenvalue weighted by Gasteiger charge is -2.29. The molecule has 0 saturated carbocycles. The average Bonchev–Trinajstić information content (AvgIpc) is 2.46. The van der Waals surface area contributed by atoms with E-state index in [1.807, 2.05) is 36.9 Å². The molecule has 118 valence electrons. The molecule has 2 N–H and O–H groups in total. The highest BCUT2D eigenvalue weighted by molar-refractivity contribution is 5.77. The number of hydrogen-bond acceptors (Lipinski definition) is 4. The van der Waals surface area contributed by atoms with Crippen LogP contribution in [0, 0.1) is 6.92 Å². The second kappa shape index (κ2) is 8.64. The number of carboxylic acids is 1. The number of rotatable bonds is 9. The molecule has 0 saturated heterocycles. The molecule has 1 rings (SSSR count). The van der Waals surface area contributed by atoms with Crippen LogP contribution in [0.15, 0.2) is 18.2 Å². The quantitative estimate of drug-likeness (QED) is 0.684. The third-order valence-electron chi connectivity index (χ3n) is 3.54. The van der Waals surface area contributed by atoms with Crippen molar-refractivity contribution in [1.82, 2.24) is 4.90 Å².